The molecule has 0 bridgehead atoms. The number of rotatable bonds is 2. The Morgan fingerprint density at radius 3 is 2.24 bits per heavy atom. The number of hydrogen-bond acceptors (Lipinski definition) is 6. The van der Waals surface area contributed by atoms with Crippen LogP contribution >= 0.6 is 34.4 Å². The van der Waals surface area contributed by atoms with Crippen LogP contribution in [0.3, 0.4) is 0 Å². The fourth-order valence-corrected chi connectivity index (χ4v) is 4.00. The van der Waals surface area contributed by atoms with Crippen LogP contribution < -0.4 is 0 Å². The largest absolute Gasteiger partial charge is 0.445 e. The summed E-state index contributed by atoms with van der Waals surface area (Å²) in [6.45, 7) is 3.77. The van der Waals surface area contributed by atoms with E-state index >= 15 is 0 Å². The van der Waals surface area contributed by atoms with Crippen molar-refractivity contribution in [1.29, 1.82) is 0 Å². The van der Waals surface area contributed by atoms with Gasteiger partial charge in [0.15, 0.2) is 8.68 Å². The predicted octanol–water partition coefficient (Wildman–Crippen LogP) is 3.78. The van der Waals surface area contributed by atoms with E-state index in [0.717, 1.165) is 22.3 Å². The van der Waals surface area contributed by atoms with Crippen molar-refractivity contribution in [2.24, 2.45) is 0 Å². The molecule has 0 saturated carbocycles. The van der Waals surface area contributed by atoms with Gasteiger partial charge in [-0.05, 0) is 25.6 Å². The molecule has 0 N–H and O–H groups in total. The van der Waals surface area contributed by atoms with Gasteiger partial charge < -0.3 is 0 Å². The topological polar surface area (TPSA) is 38.7 Å². The van der Waals surface area contributed by atoms with Gasteiger partial charge in [0, 0.05) is 4.88 Å². The van der Waals surface area contributed by atoms with Crippen LogP contribution in [0.2, 0.25) is 0 Å². The predicted molar refractivity (Wildman–Crippen MR) is 60.6 cm³/mol. The maximum atomic E-state index is 12.3. The van der Waals surface area contributed by atoms with E-state index in [4.69, 9.17) is 0 Å². The number of alkyl halides is 3. The monoisotopic (exact) mass is 297 g/mol. The van der Waals surface area contributed by atoms with E-state index in [-0.39, 0.29) is 4.34 Å². The Kier molecular flexibility index (Phi) is 3.41. The van der Waals surface area contributed by atoms with Crippen molar-refractivity contribution in [1.82, 2.24) is 15.2 Å². The minimum absolute atomic E-state index is 0.256. The quantitative estimate of drug-likeness (QED) is 0.845. The van der Waals surface area contributed by atoms with Gasteiger partial charge in [0.25, 0.3) is 0 Å². The third kappa shape index (κ3) is 2.96. The zero-order valence-corrected chi connectivity index (χ0v) is 11.1. The molecule has 0 amide bonds. The lowest BCUT2D eigenvalue weighted by Crippen LogP contribution is -2.03. The molecule has 0 fully saturated rings. The second kappa shape index (κ2) is 4.54. The molecule has 17 heavy (non-hydrogen) atoms. The third-order valence-electron chi connectivity index (χ3n) is 1.83. The van der Waals surface area contributed by atoms with E-state index in [1.54, 1.807) is 0 Å². The summed E-state index contributed by atoms with van der Waals surface area (Å²) in [7, 11) is 0. The van der Waals surface area contributed by atoms with E-state index in [0.29, 0.717) is 15.7 Å². The van der Waals surface area contributed by atoms with Crippen LogP contribution in [0.5, 0.6) is 0 Å². The highest BCUT2D eigenvalue weighted by Gasteiger charge is 2.35. The lowest BCUT2D eigenvalue weighted by Gasteiger charge is -1.97. The third-order valence-corrected chi connectivity index (χ3v) is 4.98. The summed E-state index contributed by atoms with van der Waals surface area (Å²) in [5, 5.41) is 5.68. The second-order valence-corrected chi connectivity index (χ2v) is 6.77. The van der Waals surface area contributed by atoms with E-state index < -0.39 is 11.2 Å². The lowest BCUT2D eigenvalue weighted by molar-refractivity contribution is -0.138. The fraction of sp³-hybridized carbons (Fsp3) is 0.375. The molecule has 0 radical (unpaired) electrons. The first kappa shape index (κ1) is 12.8. The van der Waals surface area contributed by atoms with Crippen LogP contribution in [0.15, 0.2) is 8.68 Å². The fourth-order valence-electron chi connectivity index (χ4n) is 0.927. The standard InChI is InChI=1S/C8H6F3N3S3/c1-3-4(2)15-6(12-3)17-7-14-13-5(16-7)8(9,10)11/h1-2H3. The molecule has 0 aliphatic carbocycles. The smallest absolute Gasteiger partial charge is 0.234 e. The highest BCUT2D eigenvalue weighted by atomic mass is 32.2. The van der Waals surface area contributed by atoms with Crippen molar-refractivity contribution in [2.45, 2.75) is 28.7 Å². The zero-order valence-electron chi connectivity index (χ0n) is 8.70. The molecule has 0 aliphatic rings. The van der Waals surface area contributed by atoms with Gasteiger partial charge in [0.2, 0.25) is 5.01 Å². The van der Waals surface area contributed by atoms with Crippen molar-refractivity contribution in [3.05, 3.63) is 15.6 Å². The SMILES string of the molecule is Cc1nc(Sc2nnc(C(F)(F)F)s2)sc1C. The number of nitrogens with zero attached hydrogens (tertiary/aromatic N) is 3. The van der Waals surface area contributed by atoms with Crippen LogP contribution in [0.1, 0.15) is 15.6 Å². The molecule has 2 aromatic heterocycles. The van der Waals surface area contributed by atoms with Gasteiger partial charge >= 0.3 is 6.18 Å². The first-order valence-corrected chi connectivity index (χ1v) is 6.84. The molecule has 3 nitrogen and oxygen atoms in total. The van der Waals surface area contributed by atoms with Gasteiger partial charge in [-0.25, -0.2) is 4.98 Å². The molecule has 0 aromatic carbocycles. The minimum Gasteiger partial charge on any atom is -0.234 e. The molecule has 2 aromatic rings. The molecular formula is C8H6F3N3S3. The second-order valence-electron chi connectivity index (χ2n) is 3.09. The Morgan fingerprint density at radius 1 is 1.06 bits per heavy atom. The Morgan fingerprint density at radius 2 is 1.76 bits per heavy atom. The summed E-state index contributed by atoms with van der Waals surface area (Å²) in [4.78, 5) is 5.27. The number of halogens is 3. The number of thiazole rings is 1. The van der Waals surface area contributed by atoms with Crippen LogP contribution in [-0.2, 0) is 6.18 Å². The number of aryl methyl sites for hydroxylation is 2. The molecule has 0 aliphatic heterocycles. The minimum atomic E-state index is -4.43. The maximum Gasteiger partial charge on any atom is 0.445 e. The molecule has 2 rings (SSSR count). The molecule has 0 atom stereocenters. The normalized spacial score (nSPS) is 12.1. The van der Waals surface area contributed by atoms with Gasteiger partial charge in [0.1, 0.15) is 0 Å². The van der Waals surface area contributed by atoms with Crippen molar-refractivity contribution in [3.8, 4) is 0 Å². The number of hydrogen-bond donors (Lipinski definition) is 0. The van der Waals surface area contributed by atoms with Crippen molar-refractivity contribution in [2.75, 3.05) is 0 Å². The molecular weight excluding hydrogens is 291 g/mol. The Labute approximate surface area is 107 Å². The summed E-state index contributed by atoms with van der Waals surface area (Å²) < 4.78 is 37.8. The summed E-state index contributed by atoms with van der Waals surface area (Å²) in [6, 6.07) is 0. The highest BCUT2D eigenvalue weighted by molar-refractivity contribution is 8.02. The van der Waals surface area contributed by atoms with E-state index in [1.807, 2.05) is 13.8 Å². The first-order valence-electron chi connectivity index (χ1n) is 4.39. The van der Waals surface area contributed by atoms with Crippen LogP contribution in [0, 0.1) is 13.8 Å². The van der Waals surface area contributed by atoms with Crippen LogP contribution in [0.25, 0.3) is 0 Å². The Bertz CT molecular complexity index is 512. The molecule has 9 heteroatoms. The molecule has 0 spiro atoms. The van der Waals surface area contributed by atoms with Gasteiger partial charge in [-0.2, -0.15) is 13.2 Å². The van der Waals surface area contributed by atoms with E-state index in [1.165, 1.54) is 11.3 Å². The van der Waals surface area contributed by atoms with Crippen LogP contribution in [0.4, 0.5) is 13.2 Å². The van der Waals surface area contributed by atoms with E-state index in [9.17, 15) is 13.2 Å². The summed E-state index contributed by atoms with van der Waals surface area (Å²) >= 11 is 3.08. The van der Waals surface area contributed by atoms with Crippen molar-refractivity contribution in [3.63, 3.8) is 0 Å². The lowest BCUT2D eigenvalue weighted by atomic mass is 10.4. The van der Waals surface area contributed by atoms with Gasteiger partial charge in [-0.15, -0.1) is 21.5 Å². The molecule has 92 valence electrons. The van der Waals surface area contributed by atoms with Crippen LogP contribution in [-0.4, -0.2) is 15.2 Å². The van der Waals surface area contributed by atoms with Crippen molar-refractivity contribution >= 4 is 34.4 Å². The Hall–Kier alpha value is -0.670. The van der Waals surface area contributed by atoms with Gasteiger partial charge in [-0.1, -0.05) is 11.3 Å². The zero-order chi connectivity index (χ0) is 12.6. The average Bonchev–Trinajstić information content (AvgIpc) is 2.75. The van der Waals surface area contributed by atoms with Crippen molar-refractivity contribution < 1.29 is 13.2 Å². The summed E-state index contributed by atoms with van der Waals surface area (Å²) in [5.41, 5.74) is 0.887. The van der Waals surface area contributed by atoms with Gasteiger partial charge in [0.05, 0.1) is 5.69 Å². The Balaban J connectivity index is 2.17. The van der Waals surface area contributed by atoms with E-state index in [2.05, 4.69) is 15.2 Å². The molecule has 0 saturated heterocycles. The summed E-state index contributed by atoms with van der Waals surface area (Å²) in [6.07, 6.45) is -4.43. The summed E-state index contributed by atoms with van der Waals surface area (Å²) in [5.74, 6) is 0. The first-order chi connectivity index (χ1) is 7.86. The van der Waals surface area contributed by atoms with Gasteiger partial charge in [-0.3, -0.25) is 0 Å². The molecule has 0 unspecified atom stereocenters. The maximum absolute atomic E-state index is 12.3. The molecule has 2 heterocycles. The highest BCUT2D eigenvalue weighted by Crippen LogP contribution is 2.38. The number of aromatic nitrogens is 3. The average molecular weight is 297 g/mol.